The number of primary amides is 1. The monoisotopic (exact) mass is 246 g/mol. The van der Waals surface area contributed by atoms with Crippen LogP contribution in [-0.2, 0) is 4.79 Å². The van der Waals surface area contributed by atoms with Gasteiger partial charge in [0.1, 0.15) is 0 Å². The van der Waals surface area contributed by atoms with Crippen LogP contribution in [0.15, 0.2) is 24.3 Å². The van der Waals surface area contributed by atoms with Gasteiger partial charge in [0, 0.05) is 18.7 Å². The Morgan fingerprint density at radius 3 is 2.83 bits per heavy atom. The van der Waals surface area contributed by atoms with Crippen LogP contribution in [0.1, 0.15) is 28.8 Å². The Hall–Kier alpha value is -1.84. The fourth-order valence-corrected chi connectivity index (χ4v) is 2.35. The standard InChI is InChI=1S/C14H18N2O2/c1-10-4-2-5-11(8-10)14(18)16-7-3-6-12(9-16)13(15)17/h2,4-5,8,12H,3,6-7,9H2,1H3,(H2,15,17). The maximum Gasteiger partial charge on any atom is 0.253 e. The van der Waals surface area contributed by atoms with Crippen molar-refractivity contribution in [1.29, 1.82) is 0 Å². The number of aryl methyl sites for hydroxylation is 1. The van der Waals surface area contributed by atoms with Gasteiger partial charge in [-0.1, -0.05) is 17.7 Å². The van der Waals surface area contributed by atoms with E-state index in [1.165, 1.54) is 0 Å². The summed E-state index contributed by atoms with van der Waals surface area (Å²) in [5.41, 5.74) is 7.06. The highest BCUT2D eigenvalue weighted by atomic mass is 16.2. The molecule has 4 nitrogen and oxygen atoms in total. The van der Waals surface area contributed by atoms with Crippen molar-refractivity contribution < 1.29 is 9.59 Å². The van der Waals surface area contributed by atoms with Gasteiger partial charge in [-0.2, -0.15) is 0 Å². The van der Waals surface area contributed by atoms with Crippen molar-refractivity contribution in [3.8, 4) is 0 Å². The predicted molar refractivity (Wildman–Crippen MR) is 69.0 cm³/mol. The maximum atomic E-state index is 12.3. The van der Waals surface area contributed by atoms with E-state index in [4.69, 9.17) is 5.73 Å². The molecule has 1 aromatic rings. The van der Waals surface area contributed by atoms with Crippen LogP contribution in [0, 0.1) is 12.8 Å². The van der Waals surface area contributed by atoms with Gasteiger partial charge < -0.3 is 10.6 Å². The second kappa shape index (κ2) is 5.21. The van der Waals surface area contributed by atoms with Crippen LogP contribution >= 0.6 is 0 Å². The van der Waals surface area contributed by atoms with Crippen molar-refractivity contribution in [2.24, 2.45) is 11.7 Å². The van der Waals surface area contributed by atoms with Gasteiger partial charge in [-0.25, -0.2) is 0 Å². The van der Waals surface area contributed by atoms with Crippen molar-refractivity contribution in [3.63, 3.8) is 0 Å². The molecule has 1 aromatic carbocycles. The molecule has 2 amide bonds. The van der Waals surface area contributed by atoms with Gasteiger partial charge in [-0.15, -0.1) is 0 Å². The summed E-state index contributed by atoms with van der Waals surface area (Å²) in [5, 5.41) is 0. The zero-order valence-corrected chi connectivity index (χ0v) is 10.6. The second-order valence-corrected chi connectivity index (χ2v) is 4.86. The predicted octanol–water partition coefficient (Wildman–Crippen LogP) is 1.33. The van der Waals surface area contributed by atoms with E-state index < -0.39 is 0 Å². The summed E-state index contributed by atoms with van der Waals surface area (Å²) >= 11 is 0. The number of nitrogens with two attached hydrogens (primary N) is 1. The van der Waals surface area contributed by atoms with E-state index in [9.17, 15) is 9.59 Å². The van der Waals surface area contributed by atoms with Gasteiger partial charge in [0.25, 0.3) is 5.91 Å². The molecule has 0 saturated carbocycles. The van der Waals surface area contributed by atoms with E-state index in [0.29, 0.717) is 18.7 Å². The Kier molecular flexibility index (Phi) is 3.65. The van der Waals surface area contributed by atoms with Gasteiger partial charge in [-0.3, -0.25) is 9.59 Å². The van der Waals surface area contributed by atoms with Crippen molar-refractivity contribution >= 4 is 11.8 Å². The van der Waals surface area contributed by atoms with Crippen molar-refractivity contribution in [3.05, 3.63) is 35.4 Å². The normalized spacial score (nSPS) is 19.6. The minimum Gasteiger partial charge on any atom is -0.369 e. The molecule has 0 radical (unpaired) electrons. The molecule has 0 spiro atoms. The van der Waals surface area contributed by atoms with E-state index >= 15 is 0 Å². The first-order chi connectivity index (χ1) is 8.58. The zero-order chi connectivity index (χ0) is 13.1. The quantitative estimate of drug-likeness (QED) is 0.855. The number of nitrogens with zero attached hydrogens (tertiary/aromatic N) is 1. The van der Waals surface area contributed by atoms with Gasteiger partial charge in [0.15, 0.2) is 0 Å². The largest absolute Gasteiger partial charge is 0.369 e. The van der Waals surface area contributed by atoms with Gasteiger partial charge >= 0.3 is 0 Å². The third-order valence-corrected chi connectivity index (χ3v) is 3.38. The summed E-state index contributed by atoms with van der Waals surface area (Å²) in [6, 6.07) is 7.51. The number of carbonyl (C=O) groups is 2. The Bertz CT molecular complexity index is 471. The molecule has 0 aromatic heterocycles. The second-order valence-electron chi connectivity index (χ2n) is 4.86. The van der Waals surface area contributed by atoms with Gasteiger partial charge in [0.05, 0.1) is 5.92 Å². The molecule has 0 bridgehead atoms. The van der Waals surface area contributed by atoms with Crippen LogP contribution in [-0.4, -0.2) is 29.8 Å². The minimum atomic E-state index is -0.309. The highest BCUT2D eigenvalue weighted by Crippen LogP contribution is 2.18. The third-order valence-electron chi connectivity index (χ3n) is 3.38. The highest BCUT2D eigenvalue weighted by molar-refractivity contribution is 5.94. The van der Waals surface area contributed by atoms with Crippen LogP contribution in [0.4, 0.5) is 0 Å². The number of piperidine rings is 1. The average molecular weight is 246 g/mol. The number of hydrogen-bond donors (Lipinski definition) is 1. The molecule has 1 aliphatic heterocycles. The average Bonchev–Trinajstić information content (AvgIpc) is 2.38. The minimum absolute atomic E-state index is 0.00958. The molecule has 0 aliphatic carbocycles. The van der Waals surface area contributed by atoms with Crippen LogP contribution in [0.5, 0.6) is 0 Å². The summed E-state index contributed by atoms with van der Waals surface area (Å²) in [5.74, 6) is -0.520. The molecular weight excluding hydrogens is 228 g/mol. The summed E-state index contributed by atoms with van der Waals surface area (Å²) in [4.78, 5) is 25.2. The molecule has 2 rings (SSSR count). The summed E-state index contributed by atoms with van der Waals surface area (Å²) in [6.07, 6.45) is 1.62. The van der Waals surface area contributed by atoms with E-state index in [-0.39, 0.29) is 17.7 Å². The first kappa shape index (κ1) is 12.6. The lowest BCUT2D eigenvalue weighted by Gasteiger charge is -2.31. The maximum absolute atomic E-state index is 12.3. The molecule has 2 N–H and O–H groups in total. The van der Waals surface area contributed by atoms with Gasteiger partial charge in [0.2, 0.25) is 5.91 Å². The first-order valence-corrected chi connectivity index (χ1v) is 6.23. The molecular formula is C14H18N2O2. The lowest BCUT2D eigenvalue weighted by molar-refractivity contribution is -0.123. The van der Waals surface area contributed by atoms with E-state index in [1.807, 2.05) is 31.2 Å². The fourth-order valence-electron chi connectivity index (χ4n) is 2.35. The number of likely N-dealkylation sites (tertiary alicyclic amines) is 1. The number of rotatable bonds is 2. The SMILES string of the molecule is Cc1cccc(C(=O)N2CCCC(C(N)=O)C2)c1. The third kappa shape index (κ3) is 2.70. The van der Waals surface area contributed by atoms with Gasteiger partial charge in [-0.05, 0) is 31.9 Å². The molecule has 1 saturated heterocycles. The number of benzene rings is 1. The van der Waals surface area contributed by atoms with Crippen molar-refractivity contribution in [2.75, 3.05) is 13.1 Å². The van der Waals surface area contributed by atoms with Crippen LogP contribution in [0.25, 0.3) is 0 Å². The Balaban J connectivity index is 2.11. The lowest BCUT2D eigenvalue weighted by Crippen LogP contribution is -2.44. The molecule has 1 aliphatic rings. The molecule has 1 unspecified atom stereocenters. The molecule has 1 heterocycles. The fraction of sp³-hybridized carbons (Fsp3) is 0.429. The number of hydrogen-bond acceptors (Lipinski definition) is 2. The topological polar surface area (TPSA) is 63.4 Å². The van der Waals surface area contributed by atoms with Crippen molar-refractivity contribution in [1.82, 2.24) is 4.90 Å². The smallest absolute Gasteiger partial charge is 0.253 e. The lowest BCUT2D eigenvalue weighted by atomic mass is 9.97. The molecule has 96 valence electrons. The summed E-state index contributed by atoms with van der Waals surface area (Å²) < 4.78 is 0. The highest BCUT2D eigenvalue weighted by Gasteiger charge is 2.27. The Morgan fingerprint density at radius 2 is 2.17 bits per heavy atom. The Labute approximate surface area is 107 Å². The summed E-state index contributed by atoms with van der Waals surface area (Å²) in [6.45, 7) is 3.11. The van der Waals surface area contributed by atoms with Crippen LogP contribution < -0.4 is 5.73 Å². The molecule has 4 heteroatoms. The molecule has 1 fully saturated rings. The first-order valence-electron chi connectivity index (χ1n) is 6.23. The number of carbonyl (C=O) groups excluding carboxylic acids is 2. The van der Waals surface area contributed by atoms with Crippen LogP contribution in [0.3, 0.4) is 0 Å². The van der Waals surface area contributed by atoms with Crippen LogP contribution in [0.2, 0.25) is 0 Å². The molecule has 1 atom stereocenters. The summed E-state index contributed by atoms with van der Waals surface area (Å²) in [7, 11) is 0. The van der Waals surface area contributed by atoms with E-state index in [1.54, 1.807) is 4.90 Å². The number of amides is 2. The zero-order valence-electron chi connectivity index (χ0n) is 10.6. The van der Waals surface area contributed by atoms with Crippen molar-refractivity contribution in [2.45, 2.75) is 19.8 Å². The Morgan fingerprint density at radius 1 is 1.39 bits per heavy atom. The molecule has 18 heavy (non-hydrogen) atoms. The van der Waals surface area contributed by atoms with E-state index in [0.717, 1.165) is 18.4 Å². The van der Waals surface area contributed by atoms with E-state index in [2.05, 4.69) is 0 Å².